The van der Waals surface area contributed by atoms with Crippen molar-refractivity contribution in [2.75, 3.05) is 5.73 Å². The molecule has 164 valence electrons. The smallest absolute Gasteiger partial charge is 0.326 e. The summed E-state index contributed by atoms with van der Waals surface area (Å²) in [6, 6.07) is 4.94. The molecule has 3 rings (SSSR count). The summed E-state index contributed by atoms with van der Waals surface area (Å²) in [4.78, 5) is 60.5. The van der Waals surface area contributed by atoms with E-state index in [2.05, 4.69) is 25.3 Å². The highest BCUT2D eigenvalue weighted by molar-refractivity contribution is 5.96. The Balaban J connectivity index is 1.70. The van der Waals surface area contributed by atoms with Crippen LogP contribution < -0.4 is 16.6 Å². The number of hydrogen-bond donors (Lipinski definition) is 5. The van der Waals surface area contributed by atoms with Gasteiger partial charge in [0.05, 0.1) is 11.9 Å². The van der Waals surface area contributed by atoms with Crippen molar-refractivity contribution in [1.82, 2.24) is 25.3 Å². The van der Waals surface area contributed by atoms with Crippen LogP contribution in [-0.2, 0) is 9.59 Å². The van der Waals surface area contributed by atoms with E-state index >= 15 is 0 Å². The number of nitrogens with one attached hydrogen (secondary N) is 2. The van der Waals surface area contributed by atoms with Crippen LogP contribution in [0.1, 0.15) is 34.5 Å². The molecule has 1 aromatic carbocycles. The summed E-state index contributed by atoms with van der Waals surface area (Å²) in [7, 11) is 0. The number of carbonyl (C=O) groups is 3. The van der Waals surface area contributed by atoms with Gasteiger partial charge in [-0.3, -0.25) is 19.4 Å². The summed E-state index contributed by atoms with van der Waals surface area (Å²) in [6.07, 6.45) is 4.12. The number of aliphatic carboxylic acids is 2. The zero-order valence-corrected chi connectivity index (χ0v) is 16.5. The number of carboxylic acids is 2. The third-order valence-corrected chi connectivity index (χ3v) is 4.32. The summed E-state index contributed by atoms with van der Waals surface area (Å²) < 4.78 is 0. The average Bonchev–Trinajstić information content (AvgIpc) is 2.75. The van der Waals surface area contributed by atoms with Gasteiger partial charge < -0.3 is 21.3 Å². The monoisotopic (exact) mass is 438 g/mol. The number of carboxylic acid groups (broad SMARTS) is 2. The molecular weight excluding hydrogens is 420 g/mol. The van der Waals surface area contributed by atoms with Gasteiger partial charge in [0, 0.05) is 12.0 Å². The quantitative estimate of drug-likeness (QED) is 0.330. The van der Waals surface area contributed by atoms with Crippen LogP contribution in [0.2, 0.25) is 0 Å². The molecule has 2 aromatic heterocycles. The fraction of sp³-hybridized carbons (Fsp3) is 0.150. The van der Waals surface area contributed by atoms with E-state index in [1.165, 1.54) is 18.3 Å². The van der Waals surface area contributed by atoms with Crippen molar-refractivity contribution < 1.29 is 24.6 Å². The van der Waals surface area contributed by atoms with Crippen LogP contribution in [0.5, 0.6) is 0 Å². The van der Waals surface area contributed by atoms with Gasteiger partial charge in [-0.05, 0) is 30.2 Å². The number of aromatic nitrogens is 4. The van der Waals surface area contributed by atoms with E-state index in [9.17, 15) is 19.2 Å². The predicted molar refractivity (Wildman–Crippen MR) is 113 cm³/mol. The number of nitrogens with two attached hydrogens (primary N) is 1. The number of anilines is 1. The summed E-state index contributed by atoms with van der Waals surface area (Å²) in [5, 5.41) is 20.1. The van der Waals surface area contributed by atoms with Crippen LogP contribution in [-0.4, -0.2) is 54.0 Å². The Kier molecular flexibility index (Phi) is 6.53. The largest absolute Gasteiger partial charge is 0.481 e. The lowest BCUT2D eigenvalue weighted by Crippen LogP contribution is -2.41. The highest BCUT2D eigenvalue weighted by atomic mass is 16.4. The van der Waals surface area contributed by atoms with Gasteiger partial charge in [-0.1, -0.05) is 18.2 Å². The van der Waals surface area contributed by atoms with Crippen molar-refractivity contribution >= 4 is 47.1 Å². The number of benzene rings is 1. The molecule has 2 heterocycles. The third kappa shape index (κ3) is 5.50. The first-order valence-electron chi connectivity index (χ1n) is 9.29. The van der Waals surface area contributed by atoms with Crippen LogP contribution in [0.15, 0.2) is 35.3 Å². The van der Waals surface area contributed by atoms with E-state index in [1.807, 2.05) is 0 Å². The maximum absolute atomic E-state index is 12.3. The lowest BCUT2D eigenvalue weighted by molar-refractivity contribution is -0.140. The number of rotatable bonds is 8. The topological polar surface area (TPSA) is 201 Å². The zero-order chi connectivity index (χ0) is 23.3. The molecule has 3 aromatic rings. The molecule has 12 nitrogen and oxygen atoms in total. The summed E-state index contributed by atoms with van der Waals surface area (Å²) in [5.41, 5.74) is 6.45. The van der Waals surface area contributed by atoms with Gasteiger partial charge in [-0.15, -0.1) is 0 Å². The highest BCUT2D eigenvalue weighted by Crippen LogP contribution is 2.11. The van der Waals surface area contributed by atoms with Gasteiger partial charge in [-0.2, -0.15) is 4.98 Å². The molecule has 0 aliphatic heterocycles. The maximum Gasteiger partial charge on any atom is 0.326 e. The van der Waals surface area contributed by atoms with Crippen molar-refractivity contribution in [2.24, 2.45) is 0 Å². The molecule has 1 atom stereocenters. The van der Waals surface area contributed by atoms with E-state index in [1.54, 1.807) is 24.3 Å². The van der Waals surface area contributed by atoms with Crippen LogP contribution in [0.25, 0.3) is 23.3 Å². The second-order valence-electron chi connectivity index (χ2n) is 6.67. The SMILES string of the molecule is Nc1nc2ncc(/C=C/c3ccc(C(=O)NC(CCC(=O)O)C(=O)O)cc3)nc2c(=O)[nH]1. The van der Waals surface area contributed by atoms with Crippen molar-refractivity contribution in [3.05, 3.63) is 57.6 Å². The van der Waals surface area contributed by atoms with Crippen molar-refractivity contribution in [3.63, 3.8) is 0 Å². The maximum atomic E-state index is 12.3. The molecule has 0 bridgehead atoms. The number of amides is 1. The van der Waals surface area contributed by atoms with Gasteiger partial charge in [-0.25, -0.2) is 14.8 Å². The minimum absolute atomic E-state index is 0.0456. The Morgan fingerprint density at radius 2 is 1.84 bits per heavy atom. The second-order valence-corrected chi connectivity index (χ2v) is 6.67. The third-order valence-electron chi connectivity index (χ3n) is 4.32. The molecule has 0 saturated heterocycles. The molecule has 1 unspecified atom stereocenters. The Morgan fingerprint density at radius 1 is 1.12 bits per heavy atom. The van der Waals surface area contributed by atoms with E-state index in [0.717, 1.165) is 0 Å². The first-order chi connectivity index (χ1) is 15.2. The van der Waals surface area contributed by atoms with E-state index in [-0.39, 0.29) is 35.5 Å². The number of carbonyl (C=O) groups excluding carboxylic acids is 1. The second kappa shape index (κ2) is 9.47. The Bertz CT molecular complexity index is 1270. The normalized spacial score (nSPS) is 12.0. The fourth-order valence-electron chi connectivity index (χ4n) is 2.72. The first-order valence-corrected chi connectivity index (χ1v) is 9.29. The van der Waals surface area contributed by atoms with Gasteiger partial charge >= 0.3 is 11.9 Å². The molecule has 0 aliphatic rings. The van der Waals surface area contributed by atoms with Gasteiger partial charge in [0.15, 0.2) is 11.2 Å². The van der Waals surface area contributed by atoms with E-state index in [0.29, 0.717) is 11.3 Å². The van der Waals surface area contributed by atoms with Crippen LogP contribution in [0.3, 0.4) is 0 Å². The van der Waals surface area contributed by atoms with Gasteiger partial charge in [0.2, 0.25) is 5.95 Å². The minimum Gasteiger partial charge on any atom is -0.481 e. The number of hydrogen-bond acceptors (Lipinski definition) is 8. The van der Waals surface area contributed by atoms with Crippen LogP contribution in [0, 0.1) is 0 Å². The summed E-state index contributed by atoms with van der Waals surface area (Å²) >= 11 is 0. The van der Waals surface area contributed by atoms with Gasteiger partial charge in [0.1, 0.15) is 6.04 Å². The molecular formula is C20H18N6O6. The fourth-order valence-corrected chi connectivity index (χ4v) is 2.72. The predicted octanol–water partition coefficient (Wildman–Crippen LogP) is 0.513. The zero-order valence-electron chi connectivity index (χ0n) is 16.5. The number of nitrogens with zero attached hydrogens (tertiary/aromatic N) is 3. The number of H-pyrrole nitrogens is 1. The molecule has 32 heavy (non-hydrogen) atoms. The van der Waals surface area contributed by atoms with Gasteiger partial charge in [0.25, 0.3) is 11.5 Å². The molecule has 0 saturated carbocycles. The molecule has 0 aliphatic carbocycles. The average molecular weight is 438 g/mol. The lowest BCUT2D eigenvalue weighted by atomic mass is 10.1. The molecule has 0 fully saturated rings. The minimum atomic E-state index is -1.31. The van der Waals surface area contributed by atoms with Crippen LogP contribution >= 0.6 is 0 Å². The number of fused-ring (bicyclic) bond motifs is 1. The Morgan fingerprint density at radius 3 is 2.50 bits per heavy atom. The first kappa shape index (κ1) is 22.1. The molecule has 0 spiro atoms. The Labute approximate surface area is 179 Å². The molecule has 6 N–H and O–H groups in total. The lowest BCUT2D eigenvalue weighted by Gasteiger charge is -2.13. The summed E-state index contributed by atoms with van der Waals surface area (Å²) in [5.74, 6) is -3.15. The molecule has 12 heteroatoms. The highest BCUT2D eigenvalue weighted by Gasteiger charge is 2.21. The van der Waals surface area contributed by atoms with Crippen molar-refractivity contribution in [3.8, 4) is 0 Å². The van der Waals surface area contributed by atoms with E-state index < -0.39 is 29.4 Å². The molecule has 0 radical (unpaired) electrons. The number of nitrogen functional groups attached to an aromatic ring is 1. The van der Waals surface area contributed by atoms with Crippen molar-refractivity contribution in [1.29, 1.82) is 0 Å². The van der Waals surface area contributed by atoms with Crippen LogP contribution in [0.4, 0.5) is 5.95 Å². The van der Waals surface area contributed by atoms with E-state index in [4.69, 9.17) is 15.9 Å². The standard InChI is InChI=1S/C20H18N6O6/c21-20-25-16-15(18(30)26-20)23-12(9-22-16)6-3-10-1-4-11(5-2-10)17(29)24-13(19(31)32)7-8-14(27)28/h1-6,9,13H,7-8H2,(H,24,29)(H,27,28)(H,31,32)(H3,21,22,25,26,30)/b6-3+. The number of aromatic amines is 1. The Hall–Kier alpha value is -4.61. The summed E-state index contributed by atoms with van der Waals surface area (Å²) in [6.45, 7) is 0. The van der Waals surface area contributed by atoms with Crippen molar-refractivity contribution in [2.45, 2.75) is 18.9 Å². The molecule has 1 amide bonds.